The van der Waals surface area contributed by atoms with Crippen LogP contribution in [-0.4, -0.2) is 24.8 Å². The number of carbonyl (C=O) groups is 2. The quantitative estimate of drug-likeness (QED) is 0.504. The molecule has 0 heterocycles. The number of nitrogens with one attached hydrogen (secondary N) is 1. The Bertz CT molecular complexity index is 935. The van der Waals surface area contributed by atoms with E-state index in [1.807, 2.05) is 66.7 Å². The van der Waals surface area contributed by atoms with Gasteiger partial charge < -0.3 is 10.1 Å². The van der Waals surface area contributed by atoms with E-state index < -0.39 is 0 Å². The highest BCUT2D eigenvalue weighted by Gasteiger charge is 2.08. The van der Waals surface area contributed by atoms with Gasteiger partial charge in [0.15, 0.2) is 5.78 Å². The van der Waals surface area contributed by atoms with E-state index in [4.69, 9.17) is 4.74 Å². The molecule has 136 valence electrons. The molecule has 27 heavy (non-hydrogen) atoms. The maximum atomic E-state index is 12.4. The van der Waals surface area contributed by atoms with Gasteiger partial charge >= 0.3 is 0 Å². The number of rotatable bonds is 7. The van der Waals surface area contributed by atoms with Crippen molar-refractivity contribution in [3.05, 3.63) is 90.0 Å². The second kappa shape index (κ2) is 8.81. The minimum atomic E-state index is -0.156. The molecule has 4 nitrogen and oxygen atoms in total. The number of para-hydroxylation sites is 1. The molecule has 0 aliphatic heterocycles. The van der Waals surface area contributed by atoms with E-state index in [1.165, 1.54) is 0 Å². The lowest BCUT2D eigenvalue weighted by molar-refractivity contribution is 0.0946. The Labute approximate surface area is 158 Å². The van der Waals surface area contributed by atoms with Crippen LogP contribution in [0.3, 0.4) is 0 Å². The lowest BCUT2D eigenvalue weighted by Gasteiger charge is -2.09. The molecular weight excluding hydrogens is 338 g/mol. The zero-order valence-corrected chi connectivity index (χ0v) is 15.1. The van der Waals surface area contributed by atoms with Crippen LogP contribution < -0.4 is 10.1 Å². The Morgan fingerprint density at radius 3 is 2.11 bits per heavy atom. The number of benzene rings is 3. The largest absolute Gasteiger partial charge is 0.492 e. The number of ketones is 1. The highest BCUT2D eigenvalue weighted by Crippen LogP contribution is 2.22. The number of Topliss-reactive ketones (excluding diaryl/α,β-unsaturated/α-hetero) is 1. The number of carbonyl (C=O) groups excluding carboxylic acids is 2. The molecule has 3 aromatic rings. The summed E-state index contributed by atoms with van der Waals surface area (Å²) in [5.74, 6) is 0.638. The molecule has 0 aromatic heterocycles. The van der Waals surface area contributed by atoms with Gasteiger partial charge in [0.25, 0.3) is 5.91 Å². The first-order chi connectivity index (χ1) is 13.1. The summed E-state index contributed by atoms with van der Waals surface area (Å²) in [4.78, 5) is 24.0. The van der Waals surface area contributed by atoms with Crippen molar-refractivity contribution in [2.45, 2.75) is 6.92 Å². The molecule has 0 fully saturated rings. The summed E-state index contributed by atoms with van der Waals surface area (Å²) < 4.78 is 5.57. The first-order valence-corrected chi connectivity index (χ1v) is 8.81. The second-order valence-corrected chi connectivity index (χ2v) is 6.14. The summed E-state index contributed by atoms with van der Waals surface area (Å²) in [5, 5.41) is 2.86. The predicted octanol–water partition coefficient (Wildman–Crippen LogP) is 4.37. The van der Waals surface area contributed by atoms with Crippen LogP contribution in [0, 0.1) is 0 Å². The summed E-state index contributed by atoms with van der Waals surface area (Å²) >= 11 is 0. The van der Waals surface area contributed by atoms with Crippen molar-refractivity contribution in [2.75, 3.05) is 13.2 Å². The third kappa shape index (κ3) is 5.05. The molecular formula is C23H21NO3. The van der Waals surface area contributed by atoms with Gasteiger partial charge in [-0.15, -0.1) is 0 Å². The maximum absolute atomic E-state index is 12.4. The van der Waals surface area contributed by atoms with Gasteiger partial charge in [-0.3, -0.25) is 9.59 Å². The van der Waals surface area contributed by atoms with Gasteiger partial charge in [-0.1, -0.05) is 48.5 Å². The minimum absolute atomic E-state index is 0.0177. The highest BCUT2D eigenvalue weighted by atomic mass is 16.5. The Morgan fingerprint density at radius 1 is 0.815 bits per heavy atom. The Hall–Kier alpha value is -3.40. The van der Waals surface area contributed by atoms with Gasteiger partial charge in [0.2, 0.25) is 0 Å². The third-order valence-electron chi connectivity index (χ3n) is 4.13. The topological polar surface area (TPSA) is 55.4 Å². The van der Waals surface area contributed by atoms with Crippen LogP contribution >= 0.6 is 0 Å². The van der Waals surface area contributed by atoms with Gasteiger partial charge in [-0.25, -0.2) is 0 Å². The number of hydrogen-bond donors (Lipinski definition) is 1. The van der Waals surface area contributed by atoms with Crippen molar-refractivity contribution in [1.82, 2.24) is 5.32 Å². The number of ether oxygens (including phenoxy) is 1. The van der Waals surface area contributed by atoms with E-state index >= 15 is 0 Å². The van der Waals surface area contributed by atoms with Gasteiger partial charge in [0.1, 0.15) is 12.4 Å². The van der Waals surface area contributed by atoms with Crippen LogP contribution in [0.2, 0.25) is 0 Å². The molecule has 0 saturated carbocycles. The van der Waals surface area contributed by atoms with Gasteiger partial charge in [0, 0.05) is 11.1 Å². The monoisotopic (exact) mass is 359 g/mol. The summed E-state index contributed by atoms with van der Waals surface area (Å²) in [6.07, 6.45) is 0. The lowest BCUT2D eigenvalue weighted by Crippen LogP contribution is -2.28. The van der Waals surface area contributed by atoms with Crippen molar-refractivity contribution in [3.8, 4) is 16.9 Å². The molecule has 0 radical (unpaired) electrons. The van der Waals surface area contributed by atoms with E-state index in [-0.39, 0.29) is 11.7 Å². The average Bonchev–Trinajstić information content (AvgIpc) is 2.72. The molecule has 4 heteroatoms. The fraction of sp³-hybridized carbons (Fsp3) is 0.130. The van der Waals surface area contributed by atoms with Crippen molar-refractivity contribution in [2.24, 2.45) is 0 Å². The summed E-state index contributed by atoms with van der Waals surface area (Å²) in [7, 11) is 0. The first kappa shape index (κ1) is 18.4. The highest BCUT2D eigenvalue weighted by molar-refractivity contribution is 5.97. The van der Waals surface area contributed by atoms with Crippen LogP contribution in [0.25, 0.3) is 11.1 Å². The van der Waals surface area contributed by atoms with E-state index in [1.54, 1.807) is 19.1 Å². The van der Waals surface area contributed by atoms with Crippen molar-refractivity contribution >= 4 is 11.7 Å². The summed E-state index contributed by atoms with van der Waals surface area (Å²) in [6, 6.07) is 24.2. The van der Waals surface area contributed by atoms with E-state index in [0.717, 1.165) is 16.9 Å². The second-order valence-electron chi connectivity index (χ2n) is 6.14. The van der Waals surface area contributed by atoms with Crippen molar-refractivity contribution < 1.29 is 14.3 Å². The molecule has 0 bridgehead atoms. The van der Waals surface area contributed by atoms with Crippen LogP contribution in [-0.2, 0) is 0 Å². The van der Waals surface area contributed by atoms with Gasteiger partial charge in [-0.05, 0) is 48.4 Å². The average molecular weight is 359 g/mol. The summed E-state index contributed by atoms with van der Waals surface area (Å²) in [6.45, 7) is 2.36. The van der Waals surface area contributed by atoms with Crippen LogP contribution in [0.5, 0.6) is 5.75 Å². The minimum Gasteiger partial charge on any atom is -0.492 e. The molecule has 0 spiro atoms. The Kier molecular flexibility index (Phi) is 6.00. The zero-order valence-electron chi connectivity index (χ0n) is 15.1. The molecule has 0 atom stereocenters. The maximum Gasteiger partial charge on any atom is 0.251 e. The van der Waals surface area contributed by atoms with Crippen LogP contribution in [0.15, 0.2) is 78.9 Å². The fourth-order valence-electron chi connectivity index (χ4n) is 2.71. The fourth-order valence-corrected chi connectivity index (χ4v) is 2.71. The standard InChI is InChI=1S/C23H21NO3/c1-17(25)18-7-5-8-19(15-18)20-9-6-10-21(16-20)23(26)24-13-14-27-22-11-3-2-4-12-22/h2-12,15-16H,13-14H2,1H3,(H,24,26). The molecule has 0 aliphatic carbocycles. The smallest absolute Gasteiger partial charge is 0.251 e. The van der Waals surface area contributed by atoms with Crippen LogP contribution in [0.1, 0.15) is 27.6 Å². The van der Waals surface area contributed by atoms with E-state index in [9.17, 15) is 9.59 Å². The molecule has 0 unspecified atom stereocenters. The number of hydrogen-bond acceptors (Lipinski definition) is 3. The van der Waals surface area contributed by atoms with Gasteiger partial charge in [-0.2, -0.15) is 0 Å². The first-order valence-electron chi connectivity index (χ1n) is 8.81. The summed E-state index contributed by atoms with van der Waals surface area (Å²) in [5.41, 5.74) is 3.02. The van der Waals surface area contributed by atoms with Crippen molar-refractivity contribution in [1.29, 1.82) is 0 Å². The Balaban J connectivity index is 1.62. The normalized spacial score (nSPS) is 10.3. The van der Waals surface area contributed by atoms with E-state index in [2.05, 4.69) is 5.32 Å². The van der Waals surface area contributed by atoms with Crippen LogP contribution in [0.4, 0.5) is 0 Å². The molecule has 0 aliphatic rings. The lowest BCUT2D eigenvalue weighted by atomic mass is 10.00. The predicted molar refractivity (Wildman–Crippen MR) is 106 cm³/mol. The molecule has 0 saturated heterocycles. The zero-order chi connectivity index (χ0) is 19.1. The third-order valence-corrected chi connectivity index (χ3v) is 4.13. The molecule has 3 rings (SSSR count). The number of amides is 1. The molecule has 1 N–H and O–H groups in total. The molecule has 1 amide bonds. The van der Waals surface area contributed by atoms with Gasteiger partial charge in [0.05, 0.1) is 6.54 Å². The van der Waals surface area contributed by atoms with E-state index in [0.29, 0.717) is 24.3 Å². The van der Waals surface area contributed by atoms with Crippen molar-refractivity contribution in [3.63, 3.8) is 0 Å². The SMILES string of the molecule is CC(=O)c1cccc(-c2cccc(C(=O)NCCOc3ccccc3)c2)c1. The Morgan fingerprint density at radius 2 is 1.44 bits per heavy atom. The molecule has 3 aromatic carbocycles.